The second kappa shape index (κ2) is 11.7. The summed E-state index contributed by atoms with van der Waals surface area (Å²) in [6.45, 7) is 0. The smallest absolute Gasteiger partial charge is 0.150 e. The second-order valence-electron chi connectivity index (χ2n) is 12.0. The van der Waals surface area contributed by atoms with Crippen molar-refractivity contribution in [3.63, 3.8) is 0 Å². The Morgan fingerprint density at radius 3 is 0.667 bits per heavy atom. The van der Waals surface area contributed by atoms with Gasteiger partial charge in [0.2, 0.25) is 0 Å². The lowest BCUT2D eigenvalue weighted by Crippen LogP contribution is -1.95. The van der Waals surface area contributed by atoms with Crippen molar-refractivity contribution in [2.75, 3.05) is 0 Å². The van der Waals surface area contributed by atoms with Crippen LogP contribution in [0, 0.1) is 0 Å². The van der Waals surface area contributed by atoms with Crippen LogP contribution in [-0.4, -0.2) is 25.1 Å². The van der Waals surface area contributed by atoms with Gasteiger partial charge in [0.05, 0.1) is 0 Å². The van der Waals surface area contributed by atoms with Gasteiger partial charge in [-0.1, -0.05) is 121 Å². The van der Waals surface area contributed by atoms with Crippen molar-refractivity contribution in [3.8, 4) is 44.5 Å². The molecule has 0 amide bonds. The highest BCUT2D eigenvalue weighted by molar-refractivity contribution is 6.32. The van der Waals surface area contributed by atoms with E-state index in [1.165, 1.54) is 0 Å². The lowest BCUT2D eigenvalue weighted by atomic mass is 9.82. The molecule has 0 aliphatic heterocycles. The van der Waals surface area contributed by atoms with E-state index in [1.807, 2.05) is 97.1 Å². The van der Waals surface area contributed by atoms with Crippen LogP contribution in [0.5, 0.6) is 0 Å². The molecular weight excluding hydrogens is 592 g/mol. The molecule has 0 heterocycles. The van der Waals surface area contributed by atoms with E-state index in [1.54, 1.807) is 0 Å². The minimum atomic E-state index is 0.608. The first-order chi connectivity index (χ1) is 23.6. The van der Waals surface area contributed by atoms with Crippen molar-refractivity contribution in [2.45, 2.75) is 0 Å². The zero-order valence-electron chi connectivity index (χ0n) is 25.6. The first kappa shape index (κ1) is 28.9. The maximum Gasteiger partial charge on any atom is 0.150 e. The standard InChI is InChI=1S/C44H26O4/c45-23-27-1-9-31(10-2-27)39-21-40(32-11-3-28(24-46)4-12-32)36-19-20-38-42(34-15-7-30(26-48)8-16-34)22-41(33-13-5-29(25-47)6-14-33)37-18-17-35(39)43(36)44(37)38/h1-26H. The summed E-state index contributed by atoms with van der Waals surface area (Å²) in [7, 11) is 0. The molecule has 0 N–H and O–H groups in total. The molecule has 0 fully saturated rings. The Balaban J connectivity index is 1.53. The third-order valence-electron chi connectivity index (χ3n) is 9.33. The monoisotopic (exact) mass is 618 g/mol. The van der Waals surface area contributed by atoms with Crippen LogP contribution in [0.15, 0.2) is 133 Å². The van der Waals surface area contributed by atoms with E-state index in [0.717, 1.165) is 102 Å². The Morgan fingerprint density at radius 2 is 0.479 bits per heavy atom. The van der Waals surface area contributed by atoms with Gasteiger partial charge in [-0.05, 0) is 89.0 Å². The number of hydrogen-bond donors (Lipinski definition) is 0. The largest absolute Gasteiger partial charge is 0.298 e. The van der Waals surface area contributed by atoms with Gasteiger partial charge >= 0.3 is 0 Å². The fourth-order valence-electron chi connectivity index (χ4n) is 6.91. The molecular formula is C44H26O4. The molecule has 0 saturated carbocycles. The average molecular weight is 619 g/mol. The third-order valence-corrected chi connectivity index (χ3v) is 9.33. The molecule has 0 aromatic heterocycles. The van der Waals surface area contributed by atoms with Gasteiger partial charge in [-0.25, -0.2) is 0 Å². The maximum absolute atomic E-state index is 11.5. The molecule has 8 aromatic rings. The van der Waals surface area contributed by atoms with Gasteiger partial charge in [0.15, 0.2) is 0 Å². The maximum atomic E-state index is 11.5. The lowest BCUT2D eigenvalue weighted by Gasteiger charge is -2.21. The van der Waals surface area contributed by atoms with Crippen LogP contribution >= 0.6 is 0 Å². The first-order valence-corrected chi connectivity index (χ1v) is 15.6. The van der Waals surface area contributed by atoms with E-state index >= 15 is 0 Å². The summed E-state index contributed by atoms with van der Waals surface area (Å²) < 4.78 is 0. The number of hydrogen-bond acceptors (Lipinski definition) is 4. The molecule has 0 atom stereocenters. The molecule has 0 aliphatic carbocycles. The van der Waals surface area contributed by atoms with Crippen LogP contribution in [0.25, 0.3) is 76.8 Å². The van der Waals surface area contributed by atoms with Gasteiger partial charge in [0.25, 0.3) is 0 Å². The fraction of sp³-hybridized carbons (Fsp3) is 0. The number of aldehydes is 4. The summed E-state index contributed by atoms with van der Waals surface area (Å²) in [6, 6.07) is 43.6. The average Bonchev–Trinajstić information content (AvgIpc) is 3.16. The van der Waals surface area contributed by atoms with Crippen LogP contribution in [0.1, 0.15) is 41.4 Å². The van der Waals surface area contributed by atoms with Gasteiger partial charge in [-0.15, -0.1) is 0 Å². The third kappa shape index (κ3) is 4.70. The summed E-state index contributed by atoms with van der Waals surface area (Å²) in [5.74, 6) is 0. The van der Waals surface area contributed by atoms with E-state index in [-0.39, 0.29) is 0 Å². The van der Waals surface area contributed by atoms with E-state index in [2.05, 4.69) is 36.4 Å². The van der Waals surface area contributed by atoms with Crippen LogP contribution in [0.4, 0.5) is 0 Å². The highest BCUT2D eigenvalue weighted by Crippen LogP contribution is 2.48. The minimum absolute atomic E-state index is 0.608. The van der Waals surface area contributed by atoms with Gasteiger partial charge in [-0.2, -0.15) is 0 Å². The molecule has 0 spiro atoms. The van der Waals surface area contributed by atoms with Gasteiger partial charge in [-0.3, -0.25) is 19.2 Å². The van der Waals surface area contributed by atoms with Crippen molar-refractivity contribution in [1.82, 2.24) is 0 Å². The molecule has 8 rings (SSSR count). The molecule has 0 unspecified atom stereocenters. The van der Waals surface area contributed by atoms with Crippen LogP contribution < -0.4 is 0 Å². The molecule has 8 aromatic carbocycles. The zero-order valence-corrected chi connectivity index (χ0v) is 25.6. The van der Waals surface area contributed by atoms with E-state index in [0.29, 0.717) is 22.3 Å². The lowest BCUT2D eigenvalue weighted by molar-refractivity contribution is 0.111. The Hall–Kier alpha value is -6.52. The van der Waals surface area contributed by atoms with E-state index < -0.39 is 0 Å². The van der Waals surface area contributed by atoms with Crippen molar-refractivity contribution in [1.29, 1.82) is 0 Å². The quantitative estimate of drug-likeness (QED) is 0.126. The fourth-order valence-corrected chi connectivity index (χ4v) is 6.91. The number of rotatable bonds is 8. The van der Waals surface area contributed by atoms with Crippen molar-refractivity contribution < 1.29 is 19.2 Å². The Morgan fingerprint density at radius 1 is 0.271 bits per heavy atom. The summed E-state index contributed by atoms with van der Waals surface area (Å²) in [5.41, 5.74) is 10.5. The Bertz CT molecular complexity index is 2170. The van der Waals surface area contributed by atoms with E-state index in [4.69, 9.17) is 0 Å². The topological polar surface area (TPSA) is 68.3 Å². The van der Waals surface area contributed by atoms with Crippen LogP contribution in [0.3, 0.4) is 0 Å². The first-order valence-electron chi connectivity index (χ1n) is 15.6. The molecule has 0 radical (unpaired) electrons. The van der Waals surface area contributed by atoms with Crippen LogP contribution in [-0.2, 0) is 0 Å². The van der Waals surface area contributed by atoms with Crippen molar-refractivity contribution in [3.05, 3.63) is 156 Å². The SMILES string of the molecule is O=Cc1ccc(-c2cc(-c3ccc(C=O)cc3)c3ccc4c(-c5ccc(C=O)cc5)cc(-c5ccc(C=O)cc5)c5ccc2c3c54)cc1. The zero-order chi connectivity index (χ0) is 32.8. The molecule has 0 saturated heterocycles. The Kier molecular flexibility index (Phi) is 7.04. The minimum Gasteiger partial charge on any atom is -0.298 e. The van der Waals surface area contributed by atoms with Gasteiger partial charge < -0.3 is 0 Å². The van der Waals surface area contributed by atoms with Crippen LogP contribution in [0.2, 0.25) is 0 Å². The summed E-state index contributed by atoms with van der Waals surface area (Å²) >= 11 is 0. The number of carbonyl (C=O) groups excluding carboxylic acids is 4. The number of benzene rings is 8. The summed E-state index contributed by atoms with van der Waals surface area (Å²) in [4.78, 5) is 46.0. The highest BCUT2D eigenvalue weighted by atomic mass is 16.1. The molecule has 48 heavy (non-hydrogen) atoms. The van der Waals surface area contributed by atoms with E-state index in [9.17, 15) is 19.2 Å². The summed E-state index contributed by atoms with van der Waals surface area (Å²) in [5, 5.41) is 6.51. The molecule has 4 heteroatoms. The molecule has 0 bridgehead atoms. The second-order valence-corrected chi connectivity index (χ2v) is 12.0. The Labute approximate surface area is 276 Å². The number of carbonyl (C=O) groups is 4. The molecule has 226 valence electrons. The predicted molar refractivity (Wildman–Crippen MR) is 193 cm³/mol. The van der Waals surface area contributed by atoms with Crippen molar-refractivity contribution in [2.24, 2.45) is 0 Å². The summed E-state index contributed by atoms with van der Waals surface area (Å²) in [6.07, 6.45) is 3.39. The van der Waals surface area contributed by atoms with Gasteiger partial charge in [0, 0.05) is 22.3 Å². The molecule has 0 aliphatic rings. The normalized spacial score (nSPS) is 11.2. The van der Waals surface area contributed by atoms with Gasteiger partial charge in [0.1, 0.15) is 25.1 Å². The van der Waals surface area contributed by atoms with Crippen molar-refractivity contribution >= 4 is 57.5 Å². The molecule has 4 nitrogen and oxygen atoms in total. The highest BCUT2D eigenvalue weighted by Gasteiger charge is 2.21. The predicted octanol–water partition coefficient (Wildman–Crippen LogP) is 10.5.